The van der Waals surface area contributed by atoms with Gasteiger partial charge in [0.15, 0.2) is 0 Å². The van der Waals surface area contributed by atoms with Gasteiger partial charge in [-0.1, -0.05) is 32.0 Å². The number of hydrogen-bond acceptors (Lipinski definition) is 2. The largest absolute Gasteiger partial charge is 0.392 e. The van der Waals surface area contributed by atoms with Crippen molar-refractivity contribution in [2.45, 2.75) is 46.5 Å². The van der Waals surface area contributed by atoms with Gasteiger partial charge >= 0.3 is 0 Å². The molecule has 3 N–H and O–H groups in total. The summed E-state index contributed by atoms with van der Waals surface area (Å²) in [4.78, 5) is 12.2. The molecule has 1 fully saturated rings. The first kappa shape index (κ1) is 13.4. The molecule has 0 aliphatic heterocycles. The Labute approximate surface area is 103 Å². The van der Waals surface area contributed by atoms with Crippen molar-refractivity contribution in [3.63, 3.8) is 0 Å². The van der Waals surface area contributed by atoms with Crippen molar-refractivity contribution >= 4 is 23.1 Å². The van der Waals surface area contributed by atoms with Crippen LogP contribution in [0.15, 0.2) is 0 Å². The first-order valence-corrected chi connectivity index (χ1v) is 6.27. The summed E-state index contributed by atoms with van der Waals surface area (Å²) < 4.78 is 0. The molecule has 1 aliphatic rings. The summed E-state index contributed by atoms with van der Waals surface area (Å²) >= 11 is 4.90. The third-order valence-corrected chi connectivity index (χ3v) is 4.18. The molecule has 0 aromatic carbocycles. The zero-order valence-electron chi connectivity index (χ0n) is 10.4. The topological polar surface area (TPSA) is 55.1 Å². The molecule has 0 aromatic rings. The minimum absolute atomic E-state index is 0.0619. The van der Waals surface area contributed by atoms with Gasteiger partial charge in [-0.25, -0.2) is 0 Å². The highest BCUT2D eigenvalue weighted by Crippen LogP contribution is 2.36. The highest BCUT2D eigenvalue weighted by Gasteiger charge is 2.34. The minimum Gasteiger partial charge on any atom is -0.392 e. The van der Waals surface area contributed by atoms with Crippen LogP contribution in [0, 0.1) is 10.8 Å². The van der Waals surface area contributed by atoms with Crippen LogP contribution in [0.2, 0.25) is 0 Å². The van der Waals surface area contributed by atoms with E-state index in [2.05, 4.69) is 12.2 Å². The van der Waals surface area contributed by atoms with Crippen LogP contribution in [-0.2, 0) is 4.79 Å². The van der Waals surface area contributed by atoms with E-state index in [0.29, 0.717) is 0 Å². The Morgan fingerprint density at radius 1 is 1.44 bits per heavy atom. The molecule has 0 heterocycles. The van der Waals surface area contributed by atoms with Crippen molar-refractivity contribution in [3.8, 4) is 0 Å². The molecule has 0 unspecified atom stereocenters. The van der Waals surface area contributed by atoms with E-state index in [0.717, 1.165) is 6.54 Å². The first-order chi connectivity index (χ1) is 7.28. The van der Waals surface area contributed by atoms with Gasteiger partial charge in [-0.2, -0.15) is 0 Å². The van der Waals surface area contributed by atoms with Gasteiger partial charge in [0.2, 0.25) is 5.91 Å². The van der Waals surface area contributed by atoms with E-state index in [1.807, 2.05) is 0 Å². The van der Waals surface area contributed by atoms with Crippen molar-refractivity contribution in [3.05, 3.63) is 0 Å². The monoisotopic (exact) mass is 242 g/mol. The maximum absolute atomic E-state index is 11.9. The van der Waals surface area contributed by atoms with Gasteiger partial charge in [0.1, 0.15) is 0 Å². The van der Waals surface area contributed by atoms with Gasteiger partial charge in [0.05, 0.1) is 10.4 Å². The molecule has 0 saturated heterocycles. The van der Waals surface area contributed by atoms with E-state index < -0.39 is 5.41 Å². The van der Waals surface area contributed by atoms with Crippen LogP contribution in [0.4, 0.5) is 0 Å². The summed E-state index contributed by atoms with van der Waals surface area (Å²) in [5.41, 5.74) is 5.08. The second-order valence-electron chi connectivity index (χ2n) is 5.69. The lowest BCUT2D eigenvalue weighted by Crippen LogP contribution is -2.47. The van der Waals surface area contributed by atoms with Crippen LogP contribution in [0.5, 0.6) is 0 Å². The average molecular weight is 242 g/mol. The van der Waals surface area contributed by atoms with Crippen molar-refractivity contribution in [1.29, 1.82) is 0 Å². The summed E-state index contributed by atoms with van der Waals surface area (Å²) in [7, 11) is 0. The predicted octanol–water partition coefficient (Wildman–Crippen LogP) is 2.00. The lowest BCUT2D eigenvalue weighted by Gasteiger charge is -2.28. The molecular formula is C12H22N2OS. The quantitative estimate of drug-likeness (QED) is 0.741. The molecule has 0 radical (unpaired) electrons. The van der Waals surface area contributed by atoms with E-state index in [-0.39, 0.29) is 16.3 Å². The number of carbonyl (C=O) groups is 1. The molecule has 0 bridgehead atoms. The molecule has 92 valence electrons. The first-order valence-electron chi connectivity index (χ1n) is 5.86. The van der Waals surface area contributed by atoms with Crippen LogP contribution in [0.1, 0.15) is 46.5 Å². The molecular weight excluding hydrogens is 220 g/mol. The molecule has 0 atom stereocenters. The fourth-order valence-corrected chi connectivity index (χ4v) is 2.12. The SMILES string of the molecule is CC1(CNC(=O)C(C)(C)C(N)=S)CCCC1. The Bertz CT molecular complexity index is 293. The number of nitrogens with two attached hydrogens (primary N) is 1. The molecule has 3 nitrogen and oxygen atoms in total. The van der Waals surface area contributed by atoms with Crippen molar-refractivity contribution in [2.24, 2.45) is 16.6 Å². The van der Waals surface area contributed by atoms with Crippen molar-refractivity contribution < 1.29 is 4.79 Å². The van der Waals surface area contributed by atoms with E-state index in [1.165, 1.54) is 25.7 Å². The van der Waals surface area contributed by atoms with Gasteiger partial charge in [-0.15, -0.1) is 0 Å². The van der Waals surface area contributed by atoms with Crippen LogP contribution in [0.3, 0.4) is 0 Å². The lowest BCUT2D eigenvalue weighted by atomic mass is 9.87. The Hall–Kier alpha value is -0.640. The Morgan fingerprint density at radius 2 is 1.94 bits per heavy atom. The van der Waals surface area contributed by atoms with Crippen LogP contribution >= 0.6 is 12.2 Å². The molecule has 0 aromatic heterocycles. The maximum atomic E-state index is 11.9. The highest BCUT2D eigenvalue weighted by molar-refractivity contribution is 7.80. The van der Waals surface area contributed by atoms with Gasteiger partial charge in [-0.3, -0.25) is 4.79 Å². The normalized spacial score (nSPS) is 19.4. The average Bonchev–Trinajstić information content (AvgIpc) is 2.62. The van der Waals surface area contributed by atoms with Gasteiger partial charge in [-0.05, 0) is 32.1 Å². The predicted molar refractivity (Wildman–Crippen MR) is 70.2 cm³/mol. The number of hydrogen-bond donors (Lipinski definition) is 2. The summed E-state index contributed by atoms with van der Waals surface area (Å²) in [6.45, 7) is 6.50. The summed E-state index contributed by atoms with van der Waals surface area (Å²) in [5, 5.41) is 2.98. The zero-order chi connectivity index (χ0) is 12.4. The number of carbonyl (C=O) groups excluding carboxylic acids is 1. The third kappa shape index (κ3) is 2.94. The molecule has 1 saturated carbocycles. The van der Waals surface area contributed by atoms with Gasteiger partial charge in [0, 0.05) is 6.54 Å². The van der Waals surface area contributed by atoms with Gasteiger partial charge < -0.3 is 11.1 Å². The second kappa shape index (κ2) is 4.70. The summed E-state index contributed by atoms with van der Waals surface area (Å²) in [6, 6.07) is 0. The fourth-order valence-electron chi connectivity index (χ4n) is 2.03. The van der Waals surface area contributed by atoms with Crippen molar-refractivity contribution in [2.75, 3.05) is 6.54 Å². The molecule has 1 aliphatic carbocycles. The van der Waals surface area contributed by atoms with Crippen LogP contribution < -0.4 is 11.1 Å². The Morgan fingerprint density at radius 3 is 2.38 bits per heavy atom. The van der Waals surface area contributed by atoms with Gasteiger partial charge in [0.25, 0.3) is 0 Å². The molecule has 1 amide bonds. The number of thiocarbonyl (C=S) groups is 1. The number of rotatable bonds is 4. The van der Waals surface area contributed by atoms with E-state index >= 15 is 0 Å². The van der Waals surface area contributed by atoms with E-state index in [4.69, 9.17) is 18.0 Å². The molecule has 0 spiro atoms. The second-order valence-corrected chi connectivity index (χ2v) is 6.13. The number of nitrogens with one attached hydrogen (secondary N) is 1. The summed E-state index contributed by atoms with van der Waals surface area (Å²) in [6.07, 6.45) is 4.93. The highest BCUT2D eigenvalue weighted by atomic mass is 32.1. The maximum Gasteiger partial charge on any atom is 0.232 e. The van der Waals surface area contributed by atoms with Crippen LogP contribution in [0.25, 0.3) is 0 Å². The summed E-state index contributed by atoms with van der Waals surface area (Å²) in [5.74, 6) is -0.0619. The van der Waals surface area contributed by atoms with E-state index in [1.54, 1.807) is 13.8 Å². The van der Waals surface area contributed by atoms with E-state index in [9.17, 15) is 4.79 Å². The van der Waals surface area contributed by atoms with Crippen molar-refractivity contribution in [1.82, 2.24) is 5.32 Å². The standard InChI is InChI=1S/C12H22N2OS/c1-11(2,9(13)16)10(15)14-8-12(3)6-4-5-7-12/h4-8H2,1-3H3,(H2,13,16)(H,14,15). The third-order valence-electron chi connectivity index (χ3n) is 3.67. The molecule has 16 heavy (non-hydrogen) atoms. The Balaban J connectivity index is 2.49. The lowest BCUT2D eigenvalue weighted by molar-refractivity contribution is -0.126. The minimum atomic E-state index is -0.746. The fraction of sp³-hybridized carbons (Fsp3) is 0.833. The Kier molecular flexibility index (Phi) is 3.94. The van der Waals surface area contributed by atoms with Crippen LogP contribution in [-0.4, -0.2) is 17.4 Å². The number of amides is 1. The molecule has 1 rings (SSSR count). The smallest absolute Gasteiger partial charge is 0.232 e. The zero-order valence-corrected chi connectivity index (χ0v) is 11.2. The molecule has 4 heteroatoms.